The molecule has 0 aliphatic carbocycles. The lowest BCUT2D eigenvalue weighted by Gasteiger charge is -2.24. The number of likely N-dealkylation sites (tertiary alicyclic amines) is 1. The molecular weight excluding hydrogens is 482 g/mol. The summed E-state index contributed by atoms with van der Waals surface area (Å²) >= 11 is 2.80. The molecule has 1 atom stereocenters. The Labute approximate surface area is 211 Å². The monoisotopic (exact) mass is 507 g/mol. The van der Waals surface area contributed by atoms with Crippen LogP contribution >= 0.6 is 22.7 Å². The van der Waals surface area contributed by atoms with Crippen LogP contribution in [-0.2, 0) is 4.79 Å². The maximum absolute atomic E-state index is 13.3. The number of carbonyl (C=O) groups is 2. The van der Waals surface area contributed by atoms with Gasteiger partial charge in [-0.05, 0) is 37.3 Å². The molecule has 180 valence electrons. The summed E-state index contributed by atoms with van der Waals surface area (Å²) in [5.74, 6) is 0.188. The van der Waals surface area contributed by atoms with Crippen LogP contribution in [0.15, 0.2) is 63.8 Å². The van der Waals surface area contributed by atoms with Crippen molar-refractivity contribution in [3.05, 3.63) is 64.2 Å². The lowest BCUT2D eigenvalue weighted by molar-refractivity contribution is -0.122. The van der Waals surface area contributed by atoms with Gasteiger partial charge in [-0.25, -0.2) is 4.98 Å². The van der Waals surface area contributed by atoms with E-state index in [1.54, 1.807) is 4.90 Å². The number of primary amides is 1. The predicted octanol–water partition coefficient (Wildman–Crippen LogP) is 4.51. The normalized spacial score (nSPS) is 15.9. The quantitative estimate of drug-likeness (QED) is 0.357. The number of thiophene rings is 1. The van der Waals surface area contributed by atoms with Crippen LogP contribution in [0, 0.1) is 0 Å². The Kier molecular flexibility index (Phi) is 7.03. The Hall–Kier alpha value is -3.34. The van der Waals surface area contributed by atoms with Gasteiger partial charge in [-0.15, -0.1) is 22.7 Å². The lowest BCUT2D eigenvalue weighted by atomic mass is 10.1. The van der Waals surface area contributed by atoms with Crippen LogP contribution in [0.4, 0.5) is 5.13 Å². The SMILES string of the molecule is NC(=O)[C@@H]1CCCN1CCCN(C(=O)c1cccs1)c1nc(-c2cc(-c3ccccc3)no2)cs1. The Bertz CT molecular complexity index is 1290. The van der Waals surface area contributed by atoms with Crippen LogP contribution in [0.5, 0.6) is 0 Å². The van der Waals surface area contributed by atoms with Gasteiger partial charge < -0.3 is 10.3 Å². The second-order valence-electron chi connectivity index (χ2n) is 8.34. The molecular formula is C25H25N5O3S2. The highest BCUT2D eigenvalue weighted by molar-refractivity contribution is 7.14. The third-order valence-electron chi connectivity index (χ3n) is 6.05. The number of carbonyl (C=O) groups excluding carboxylic acids is 2. The summed E-state index contributed by atoms with van der Waals surface area (Å²) < 4.78 is 5.56. The van der Waals surface area contributed by atoms with Gasteiger partial charge in [-0.3, -0.25) is 19.4 Å². The molecule has 0 radical (unpaired) electrons. The van der Waals surface area contributed by atoms with E-state index in [-0.39, 0.29) is 17.9 Å². The van der Waals surface area contributed by atoms with E-state index in [1.165, 1.54) is 22.7 Å². The first-order chi connectivity index (χ1) is 17.1. The largest absolute Gasteiger partial charge is 0.368 e. The number of hydrogen-bond donors (Lipinski definition) is 1. The van der Waals surface area contributed by atoms with Gasteiger partial charge in [0.25, 0.3) is 5.91 Å². The minimum atomic E-state index is -0.277. The number of benzene rings is 1. The van der Waals surface area contributed by atoms with Crippen LogP contribution < -0.4 is 10.6 Å². The third-order valence-corrected chi connectivity index (χ3v) is 7.77. The molecule has 8 nitrogen and oxygen atoms in total. The van der Waals surface area contributed by atoms with Gasteiger partial charge >= 0.3 is 0 Å². The minimum Gasteiger partial charge on any atom is -0.368 e. The zero-order valence-corrected chi connectivity index (χ0v) is 20.6. The van der Waals surface area contributed by atoms with Crippen molar-refractivity contribution in [3.63, 3.8) is 0 Å². The van der Waals surface area contributed by atoms with E-state index >= 15 is 0 Å². The van der Waals surface area contributed by atoms with Gasteiger partial charge in [0.1, 0.15) is 11.4 Å². The molecule has 5 rings (SSSR count). The average molecular weight is 508 g/mol. The molecule has 1 aromatic carbocycles. The molecule has 1 saturated heterocycles. The van der Waals surface area contributed by atoms with Gasteiger partial charge in [-0.2, -0.15) is 0 Å². The molecule has 2 N–H and O–H groups in total. The molecule has 2 amide bonds. The first-order valence-electron chi connectivity index (χ1n) is 11.5. The van der Waals surface area contributed by atoms with Crippen molar-refractivity contribution in [1.29, 1.82) is 0 Å². The number of thiazole rings is 1. The maximum atomic E-state index is 13.3. The second kappa shape index (κ2) is 10.5. The highest BCUT2D eigenvalue weighted by atomic mass is 32.1. The molecule has 0 unspecified atom stereocenters. The molecule has 1 aliphatic heterocycles. The second-order valence-corrected chi connectivity index (χ2v) is 10.1. The van der Waals surface area contributed by atoms with Gasteiger partial charge in [-0.1, -0.05) is 41.6 Å². The fraction of sp³-hybridized carbons (Fsp3) is 0.280. The van der Waals surface area contributed by atoms with Gasteiger partial charge in [0.05, 0.1) is 10.9 Å². The summed E-state index contributed by atoms with van der Waals surface area (Å²) in [7, 11) is 0. The van der Waals surface area contributed by atoms with Crippen molar-refractivity contribution in [2.45, 2.75) is 25.3 Å². The number of aromatic nitrogens is 2. The summed E-state index contributed by atoms with van der Waals surface area (Å²) in [5.41, 5.74) is 7.88. The first kappa shape index (κ1) is 23.4. The third kappa shape index (κ3) is 5.19. The zero-order chi connectivity index (χ0) is 24.2. The first-order valence-corrected chi connectivity index (χ1v) is 13.2. The van der Waals surface area contributed by atoms with Crippen LogP contribution in [-0.4, -0.2) is 52.5 Å². The highest BCUT2D eigenvalue weighted by Crippen LogP contribution is 2.31. The molecule has 1 fully saturated rings. The summed E-state index contributed by atoms with van der Waals surface area (Å²) in [5, 5.41) is 8.54. The molecule has 35 heavy (non-hydrogen) atoms. The number of hydrogen-bond acceptors (Lipinski definition) is 8. The molecule has 0 saturated carbocycles. The fourth-order valence-electron chi connectivity index (χ4n) is 4.31. The standard InChI is InChI=1S/C25H25N5O3S2/c26-23(31)20-9-4-11-29(20)12-6-13-30(24(32)22-10-5-14-34-22)25-27-19(16-35-25)21-15-18(28-33-21)17-7-2-1-3-8-17/h1-3,5,7-8,10,14-16,20H,4,6,9,11-13H2,(H2,26,31)/t20-/m0/s1. The van der Waals surface area contributed by atoms with Crippen molar-refractivity contribution in [2.24, 2.45) is 5.73 Å². The van der Waals surface area contributed by atoms with Crippen molar-refractivity contribution >= 4 is 39.6 Å². The topological polar surface area (TPSA) is 106 Å². The Morgan fingerprint density at radius 3 is 2.77 bits per heavy atom. The van der Waals surface area contributed by atoms with Crippen LogP contribution in [0.3, 0.4) is 0 Å². The van der Waals surface area contributed by atoms with E-state index in [0.717, 1.165) is 30.6 Å². The van der Waals surface area contributed by atoms with E-state index in [9.17, 15) is 9.59 Å². The molecule has 0 spiro atoms. The number of anilines is 1. The van der Waals surface area contributed by atoms with Crippen LogP contribution in [0.25, 0.3) is 22.7 Å². The molecule has 4 heterocycles. The van der Waals surface area contributed by atoms with E-state index in [0.29, 0.717) is 41.0 Å². The minimum absolute atomic E-state index is 0.0867. The summed E-state index contributed by atoms with van der Waals surface area (Å²) in [6.07, 6.45) is 2.46. The van der Waals surface area contributed by atoms with Gasteiger partial charge in [0, 0.05) is 30.1 Å². The van der Waals surface area contributed by atoms with Gasteiger partial charge in [0.2, 0.25) is 5.91 Å². The summed E-state index contributed by atoms with van der Waals surface area (Å²) in [6.45, 7) is 2.03. The highest BCUT2D eigenvalue weighted by Gasteiger charge is 2.29. The lowest BCUT2D eigenvalue weighted by Crippen LogP contribution is -2.42. The van der Waals surface area contributed by atoms with Crippen molar-refractivity contribution < 1.29 is 14.1 Å². The van der Waals surface area contributed by atoms with E-state index in [4.69, 9.17) is 15.2 Å². The average Bonchev–Trinajstić information content (AvgIpc) is 3.69. The summed E-state index contributed by atoms with van der Waals surface area (Å²) in [6, 6.07) is 15.1. The van der Waals surface area contributed by atoms with Crippen molar-refractivity contribution in [1.82, 2.24) is 15.0 Å². The molecule has 1 aliphatic rings. The summed E-state index contributed by atoms with van der Waals surface area (Å²) in [4.78, 5) is 34.2. The number of amides is 2. The van der Waals surface area contributed by atoms with Gasteiger partial charge in [0.15, 0.2) is 10.9 Å². The molecule has 10 heteroatoms. The Morgan fingerprint density at radius 1 is 1.14 bits per heavy atom. The van der Waals surface area contributed by atoms with Crippen LogP contribution in [0.1, 0.15) is 28.9 Å². The van der Waals surface area contributed by atoms with E-state index < -0.39 is 0 Å². The number of nitrogens with zero attached hydrogens (tertiary/aromatic N) is 4. The Morgan fingerprint density at radius 2 is 2.00 bits per heavy atom. The molecule has 0 bridgehead atoms. The van der Waals surface area contributed by atoms with Crippen molar-refractivity contribution in [2.75, 3.05) is 24.5 Å². The smallest absolute Gasteiger partial charge is 0.270 e. The van der Waals surface area contributed by atoms with E-state index in [1.807, 2.05) is 59.3 Å². The van der Waals surface area contributed by atoms with Crippen LogP contribution in [0.2, 0.25) is 0 Å². The Balaban J connectivity index is 1.33. The number of nitrogens with two attached hydrogens (primary N) is 1. The predicted molar refractivity (Wildman–Crippen MR) is 137 cm³/mol. The molecule has 4 aromatic rings. The van der Waals surface area contributed by atoms with Crippen molar-refractivity contribution in [3.8, 4) is 22.7 Å². The zero-order valence-electron chi connectivity index (χ0n) is 19.0. The number of rotatable bonds is 9. The van der Waals surface area contributed by atoms with E-state index in [2.05, 4.69) is 10.1 Å². The maximum Gasteiger partial charge on any atom is 0.270 e. The molecule has 3 aromatic heterocycles. The fourth-order valence-corrected chi connectivity index (χ4v) is 5.82.